The van der Waals surface area contributed by atoms with Crippen LogP contribution in [0.1, 0.15) is 13.3 Å². The fraction of sp³-hybridized carbons (Fsp3) is 0.429. The molecular weight excluding hydrogens is 146 g/mol. The average Bonchev–Trinajstić information content (AvgIpc) is 1.97. The van der Waals surface area contributed by atoms with E-state index in [1.165, 1.54) is 6.08 Å². The molecule has 0 saturated carbocycles. The summed E-state index contributed by atoms with van der Waals surface area (Å²) in [6.07, 6.45) is 4.80. The molecule has 0 aromatic rings. The zero-order valence-corrected chi connectivity index (χ0v) is 6.15. The SMILES string of the molecule is CC=CCC(N=C=O)C(=O)O. The minimum Gasteiger partial charge on any atom is -0.480 e. The minimum absolute atomic E-state index is 0.237. The lowest BCUT2D eigenvalue weighted by Crippen LogP contribution is -2.16. The van der Waals surface area contributed by atoms with Crippen LogP contribution in [0.15, 0.2) is 17.1 Å². The van der Waals surface area contributed by atoms with Crippen molar-refractivity contribution in [3.8, 4) is 0 Å². The van der Waals surface area contributed by atoms with Gasteiger partial charge in [0.05, 0.1) is 0 Å². The maximum absolute atomic E-state index is 10.3. The summed E-state index contributed by atoms with van der Waals surface area (Å²) in [5.74, 6) is -1.11. The molecule has 0 amide bonds. The molecule has 0 fully saturated rings. The number of carbonyl (C=O) groups excluding carboxylic acids is 1. The minimum atomic E-state index is -1.11. The molecule has 0 aromatic heterocycles. The zero-order chi connectivity index (χ0) is 8.69. The predicted octanol–water partition coefficient (Wildman–Crippen LogP) is 0.742. The third kappa shape index (κ3) is 4.06. The Morgan fingerprint density at radius 1 is 1.82 bits per heavy atom. The first-order valence-electron chi connectivity index (χ1n) is 3.13. The van der Waals surface area contributed by atoms with Crippen LogP contribution in [0.3, 0.4) is 0 Å². The van der Waals surface area contributed by atoms with E-state index in [4.69, 9.17) is 5.11 Å². The summed E-state index contributed by atoms with van der Waals surface area (Å²) >= 11 is 0. The highest BCUT2D eigenvalue weighted by molar-refractivity contribution is 5.74. The van der Waals surface area contributed by atoms with Crippen molar-refractivity contribution >= 4 is 12.0 Å². The Balaban J connectivity index is 4.10. The van der Waals surface area contributed by atoms with Gasteiger partial charge < -0.3 is 5.11 Å². The summed E-state index contributed by atoms with van der Waals surface area (Å²) in [6, 6.07) is -0.983. The van der Waals surface area contributed by atoms with Crippen LogP contribution in [0.4, 0.5) is 0 Å². The Hall–Kier alpha value is -1.41. The van der Waals surface area contributed by atoms with E-state index in [-0.39, 0.29) is 6.42 Å². The lowest BCUT2D eigenvalue weighted by Gasteiger charge is -1.98. The Morgan fingerprint density at radius 3 is 2.82 bits per heavy atom. The highest BCUT2D eigenvalue weighted by Crippen LogP contribution is 1.98. The van der Waals surface area contributed by atoms with E-state index >= 15 is 0 Å². The number of allylic oxidation sites excluding steroid dienone is 1. The summed E-state index contributed by atoms with van der Waals surface area (Å²) in [4.78, 5) is 23.1. The molecule has 60 valence electrons. The fourth-order valence-corrected chi connectivity index (χ4v) is 0.537. The van der Waals surface area contributed by atoms with Crippen molar-refractivity contribution in [3.05, 3.63) is 12.2 Å². The normalized spacial score (nSPS) is 12.5. The van der Waals surface area contributed by atoms with Gasteiger partial charge in [0.2, 0.25) is 6.08 Å². The van der Waals surface area contributed by atoms with Crippen molar-refractivity contribution < 1.29 is 14.7 Å². The molecule has 0 aliphatic rings. The quantitative estimate of drug-likeness (QED) is 0.370. The molecule has 0 rings (SSSR count). The number of hydrogen-bond donors (Lipinski definition) is 1. The van der Waals surface area contributed by atoms with Gasteiger partial charge >= 0.3 is 5.97 Å². The molecule has 4 nitrogen and oxygen atoms in total. The number of aliphatic imine (C=N–C) groups is 1. The third-order valence-electron chi connectivity index (χ3n) is 1.09. The van der Waals surface area contributed by atoms with Gasteiger partial charge in [-0.2, -0.15) is 4.99 Å². The molecule has 1 unspecified atom stereocenters. The van der Waals surface area contributed by atoms with Crippen LogP contribution >= 0.6 is 0 Å². The van der Waals surface area contributed by atoms with E-state index in [1.807, 2.05) is 0 Å². The Labute approximate surface area is 64.3 Å². The highest BCUT2D eigenvalue weighted by Gasteiger charge is 2.12. The molecule has 0 aliphatic carbocycles. The Bertz CT molecular complexity index is 202. The van der Waals surface area contributed by atoms with Gasteiger partial charge in [-0.25, -0.2) is 9.59 Å². The third-order valence-corrected chi connectivity index (χ3v) is 1.09. The van der Waals surface area contributed by atoms with E-state index < -0.39 is 12.0 Å². The average molecular weight is 155 g/mol. The maximum atomic E-state index is 10.3. The first kappa shape index (κ1) is 9.59. The molecule has 11 heavy (non-hydrogen) atoms. The summed E-state index contributed by atoms with van der Waals surface area (Å²) < 4.78 is 0. The topological polar surface area (TPSA) is 66.7 Å². The molecule has 0 aliphatic heterocycles. The Morgan fingerprint density at radius 2 is 2.45 bits per heavy atom. The Kier molecular flexibility index (Phi) is 4.69. The van der Waals surface area contributed by atoms with Crippen molar-refractivity contribution in [1.82, 2.24) is 0 Å². The number of carboxylic acid groups (broad SMARTS) is 1. The molecule has 1 N–H and O–H groups in total. The molecule has 0 spiro atoms. The van der Waals surface area contributed by atoms with E-state index in [0.717, 1.165) is 0 Å². The summed E-state index contributed by atoms with van der Waals surface area (Å²) in [7, 11) is 0. The van der Waals surface area contributed by atoms with Crippen molar-refractivity contribution in [2.45, 2.75) is 19.4 Å². The van der Waals surface area contributed by atoms with Gasteiger partial charge in [0.1, 0.15) is 0 Å². The van der Waals surface area contributed by atoms with Crippen LogP contribution in [-0.4, -0.2) is 23.2 Å². The lowest BCUT2D eigenvalue weighted by molar-refractivity contribution is -0.138. The van der Waals surface area contributed by atoms with Crippen LogP contribution in [-0.2, 0) is 9.59 Å². The van der Waals surface area contributed by atoms with Crippen molar-refractivity contribution in [2.75, 3.05) is 0 Å². The van der Waals surface area contributed by atoms with Crippen molar-refractivity contribution in [1.29, 1.82) is 0 Å². The zero-order valence-electron chi connectivity index (χ0n) is 6.15. The van der Waals surface area contributed by atoms with Gasteiger partial charge in [0.25, 0.3) is 0 Å². The van der Waals surface area contributed by atoms with Gasteiger partial charge in [-0.05, 0) is 13.3 Å². The summed E-state index contributed by atoms with van der Waals surface area (Å²) in [5.41, 5.74) is 0. The highest BCUT2D eigenvalue weighted by atomic mass is 16.4. The molecule has 0 radical (unpaired) electrons. The van der Waals surface area contributed by atoms with Gasteiger partial charge in [-0.1, -0.05) is 12.2 Å². The number of carbonyl (C=O) groups is 1. The predicted molar refractivity (Wildman–Crippen MR) is 39.0 cm³/mol. The van der Waals surface area contributed by atoms with Crippen LogP contribution in [0, 0.1) is 0 Å². The smallest absolute Gasteiger partial charge is 0.329 e. The summed E-state index contributed by atoms with van der Waals surface area (Å²) in [6.45, 7) is 1.77. The molecule has 0 aromatic carbocycles. The van der Waals surface area contributed by atoms with Gasteiger partial charge in [-0.15, -0.1) is 0 Å². The largest absolute Gasteiger partial charge is 0.480 e. The van der Waals surface area contributed by atoms with Crippen LogP contribution in [0.5, 0.6) is 0 Å². The standard InChI is InChI=1S/C7H9NO3/c1-2-3-4-6(7(10)11)8-5-9/h2-3,6H,4H2,1H3,(H,10,11). The lowest BCUT2D eigenvalue weighted by atomic mass is 10.2. The van der Waals surface area contributed by atoms with E-state index in [1.54, 1.807) is 19.1 Å². The van der Waals surface area contributed by atoms with E-state index in [9.17, 15) is 9.59 Å². The van der Waals surface area contributed by atoms with Gasteiger partial charge in [-0.3, -0.25) is 0 Å². The molecular formula is C7H9NO3. The van der Waals surface area contributed by atoms with Crippen LogP contribution in [0.2, 0.25) is 0 Å². The molecule has 0 bridgehead atoms. The number of isocyanates is 1. The molecule has 4 heteroatoms. The fourth-order valence-electron chi connectivity index (χ4n) is 0.537. The second kappa shape index (κ2) is 5.38. The van der Waals surface area contributed by atoms with Gasteiger partial charge in [0.15, 0.2) is 6.04 Å². The second-order valence-electron chi connectivity index (χ2n) is 1.88. The number of rotatable bonds is 4. The van der Waals surface area contributed by atoms with Crippen molar-refractivity contribution in [3.63, 3.8) is 0 Å². The molecule has 0 heterocycles. The van der Waals surface area contributed by atoms with Gasteiger partial charge in [0, 0.05) is 0 Å². The first-order valence-corrected chi connectivity index (χ1v) is 3.13. The second-order valence-corrected chi connectivity index (χ2v) is 1.88. The first-order chi connectivity index (χ1) is 5.22. The number of nitrogens with zero attached hydrogens (tertiary/aromatic N) is 1. The molecule has 1 atom stereocenters. The van der Waals surface area contributed by atoms with E-state index in [0.29, 0.717) is 0 Å². The van der Waals surface area contributed by atoms with Crippen molar-refractivity contribution in [2.24, 2.45) is 4.99 Å². The van der Waals surface area contributed by atoms with Crippen LogP contribution in [0.25, 0.3) is 0 Å². The van der Waals surface area contributed by atoms with Crippen LogP contribution < -0.4 is 0 Å². The number of aliphatic carboxylic acids is 1. The maximum Gasteiger partial charge on any atom is 0.329 e. The monoisotopic (exact) mass is 155 g/mol. The van der Waals surface area contributed by atoms with E-state index in [2.05, 4.69) is 4.99 Å². The molecule has 0 saturated heterocycles. The summed E-state index contributed by atoms with van der Waals surface area (Å²) in [5, 5.41) is 8.42. The number of hydrogen-bond acceptors (Lipinski definition) is 3. The number of carboxylic acids is 1.